The highest BCUT2D eigenvalue weighted by atomic mass is 32.2. The van der Waals surface area contributed by atoms with Gasteiger partial charge in [0.25, 0.3) is 0 Å². The van der Waals surface area contributed by atoms with Crippen LogP contribution in [0.2, 0.25) is 0 Å². The fraction of sp³-hybridized carbons (Fsp3) is 0.667. The molecule has 2 rings (SSSR count). The molecule has 0 spiro atoms. The Bertz CT molecular complexity index is 498. The topological polar surface area (TPSA) is 75.2 Å². The predicted octanol–water partition coefficient (Wildman–Crippen LogP) is 0.551. The van der Waals surface area contributed by atoms with Crippen LogP contribution in [0, 0.1) is 0 Å². The Balaban J connectivity index is 2.11. The van der Waals surface area contributed by atoms with E-state index in [4.69, 9.17) is 0 Å². The van der Waals surface area contributed by atoms with Gasteiger partial charge in [0.2, 0.25) is 10.0 Å². The molecule has 0 aromatic carbocycles. The monoisotopic (exact) mass is 284 g/mol. The maximum absolute atomic E-state index is 12.5. The number of sulfonamides is 1. The summed E-state index contributed by atoms with van der Waals surface area (Å²) in [7, 11) is -1.43. The summed E-state index contributed by atoms with van der Waals surface area (Å²) in [6, 6.07) is 0.415. The Morgan fingerprint density at radius 2 is 2.05 bits per heavy atom. The molecule has 2 heterocycles. The van der Waals surface area contributed by atoms with Crippen molar-refractivity contribution in [3.63, 3.8) is 0 Å². The summed E-state index contributed by atoms with van der Waals surface area (Å²) >= 11 is 0. The first-order valence-corrected chi connectivity index (χ1v) is 7.98. The minimum Gasteiger partial charge on any atom is -0.317 e. The zero-order valence-corrected chi connectivity index (χ0v) is 12.1. The highest BCUT2D eigenvalue weighted by Gasteiger charge is 2.33. The lowest BCUT2D eigenvalue weighted by atomic mass is 10.1. The van der Waals surface area contributed by atoms with Gasteiger partial charge in [0.05, 0.1) is 5.69 Å². The molecule has 1 aromatic rings. The lowest BCUT2D eigenvalue weighted by molar-refractivity contribution is 0.296. The molecule has 1 N–H and O–H groups in total. The first-order valence-electron chi connectivity index (χ1n) is 6.48. The van der Waals surface area contributed by atoms with Gasteiger partial charge in [-0.2, -0.15) is 0 Å². The molecule has 0 bridgehead atoms. The first-order chi connectivity index (χ1) is 9.05. The molecule has 1 atom stereocenters. The largest absolute Gasteiger partial charge is 0.317 e. The van der Waals surface area contributed by atoms with E-state index in [0.29, 0.717) is 24.8 Å². The van der Waals surface area contributed by atoms with Gasteiger partial charge in [-0.1, -0.05) is 0 Å². The molecule has 6 nitrogen and oxygen atoms in total. The van der Waals surface area contributed by atoms with Crippen molar-refractivity contribution in [1.29, 1.82) is 0 Å². The molecule has 1 aromatic heterocycles. The van der Waals surface area contributed by atoms with Crippen molar-refractivity contribution in [2.24, 2.45) is 0 Å². The van der Waals surface area contributed by atoms with E-state index in [-0.39, 0.29) is 0 Å². The summed E-state index contributed by atoms with van der Waals surface area (Å²) in [6.07, 6.45) is 6.28. The van der Waals surface area contributed by atoms with Crippen molar-refractivity contribution in [2.75, 3.05) is 20.1 Å². The van der Waals surface area contributed by atoms with Gasteiger partial charge >= 0.3 is 0 Å². The van der Waals surface area contributed by atoms with Gasteiger partial charge in [-0.3, -0.25) is 9.97 Å². The van der Waals surface area contributed by atoms with Crippen LogP contribution in [0.3, 0.4) is 0 Å². The quantitative estimate of drug-likeness (QED) is 0.874. The van der Waals surface area contributed by atoms with E-state index in [9.17, 15) is 8.42 Å². The van der Waals surface area contributed by atoms with Gasteiger partial charge in [-0.05, 0) is 26.8 Å². The number of rotatable bonds is 4. The fourth-order valence-corrected chi connectivity index (χ4v) is 3.89. The Hall–Kier alpha value is -1.05. The minimum absolute atomic E-state index is 0.415. The summed E-state index contributed by atoms with van der Waals surface area (Å²) < 4.78 is 26.6. The van der Waals surface area contributed by atoms with Crippen LogP contribution in [0.5, 0.6) is 0 Å². The molecular weight excluding hydrogens is 264 g/mol. The molecule has 0 radical (unpaired) electrons. The van der Waals surface area contributed by atoms with Gasteiger partial charge in [0, 0.05) is 37.7 Å². The van der Waals surface area contributed by atoms with E-state index < -0.39 is 15.3 Å². The molecule has 19 heavy (non-hydrogen) atoms. The molecule has 0 aliphatic carbocycles. The number of hydrogen-bond acceptors (Lipinski definition) is 5. The molecule has 7 heteroatoms. The molecule has 1 fully saturated rings. The number of piperidine rings is 1. The normalized spacial score (nSPS) is 20.3. The van der Waals surface area contributed by atoms with E-state index in [0.717, 1.165) is 12.8 Å². The number of nitrogens with zero attached hydrogens (tertiary/aromatic N) is 3. The molecular formula is C12H20N4O2S. The van der Waals surface area contributed by atoms with Gasteiger partial charge < -0.3 is 5.32 Å². The standard InChI is InChI=1S/C12H20N4O2S/c1-10(12-9-14-5-6-15-12)19(17,18)16-7-3-11(13-2)4-8-16/h5-6,9-11,13H,3-4,7-8H2,1-2H3/t10-/m0/s1. The third-order valence-corrected chi connectivity index (χ3v) is 5.89. The smallest absolute Gasteiger partial charge is 0.222 e. The summed E-state index contributed by atoms with van der Waals surface area (Å²) in [6.45, 7) is 2.81. The van der Waals surface area contributed by atoms with Crippen LogP contribution in [0.25, 0.3) is 0 Å². The molecule has 0 unspecified atom stereocenters. The second-order valence-electron chi connectivity index (χ2n) is 4.78. The van der Waals surface area contributed by atoms with Gasteiger partial charge in [0.1, 0.15) is 5.25 Å². The van der Waals surface area contributed by atoms with Gasteiger partial charge in [0.15, 0.2) is 0 Å². The molecule has 1 aliphatic heterocycles. The van der Waals surface area contributed by atoms with E-state index in [1.807, 2.05) is 7.05 Å². The fourth-order valence-electron chi connectivity index (χ4n) is 2.30. The van der Waals surface area contributed by atoms with Crippen LogP contribution in [0.4, 0.5) is 0 Å². The lowest BCUT2D eigenvalue weighted by Gasteiger charge is -2.32. The number of hydrogen-bond donors (Lipinski definition) is 1. The molecule has 1 aliphatic rings. The third kappa shape index (κ3) is 3.10. The summed E-state index contributed by atoms with van der Waals surface area (Å²) in [5, 5.41) is 2.55. The lowest BCUT2D eigenvalue weighted by Crippen LogP contribution is -2.45. The van der Waals surface area contributed by atoms with Crippen LogP contribution in [0.1, 0.15) is 30.7 Å². The average Bonchev–Trinajstić information content (AvgIpc) is 2.47. The number of nitrogens with one attached hydrogen (secondary N) is 1. The predicted molar refractivity (Wildman–Crippen MR) is 73.0 cm³/mol. The van der Waals surface area contributed by atoms with Crippen molar-refractivity contribution in [3.8, 4) is 0 Å². The van der Waals surface area contributed by atoms with Crippen LogP contribution in [-0.4, -0.2) is 48.9 Å². The van der Waals surface area contributed by atoms with Crippen molar-refractivity contribution >= 4 is 10.0 Å². The summed E-state index contributed by atoms with van der Waals surface area (Å²) in [5.74, 6) is 0. The van der Waals surface area contributed by atoms with Gasteiger partial charge in [-0.15, -0.1) is 0 Å². The SMILES string of the molecule is CNC1CCN(S(=O)(=O)[C@@H](C)c2cnccn2)CC1. The molecule has 0 amide bonds. The Morgan fingerprint density at radius 3 is 2.58 bits per heavy atom. The Morgan fingerprint density at radius 1 is 1.37 bits per heavy atom. The van der Waals surface area contributed by atoms with E-state index >= 15 is 0 Å². The van der Waals surface area contributed by atoms with Crippen molar-refractivity contribution in [1.82, 2.24) is 19.6 Å². The number of aromatic nitrogens is 2. The van der Waals surface area contributed by atoms with E-state index in [1.165, 1.54) is 12.4 Å². The Kier molecular flexibility index (Phi) is 4.49. The van der Waals surface area contributed by atoms with Gasteiger partial charge in [-0.25, -0.2) is 12.7 Å². The average molecular weight is 284 g/mol. The van der Waals surface area contributed by atoms with Crippen molar-refractivity contribution < 1.29 is 8.42 Å². The van der Waals surface area contributed by atoms with Crippen LogP contribution in [0.15, 0.2) is 18.6 Å². The summed E-state index contributed by atoms with van der Waals surface area (Å²) in [5.41, 5.74) is 0.498. The molecule has 1 saturated heterocycles. The summed E-state index contributed by atoms with van der Waals surface area (Å²) in [4.78, 5) is 8.02. The maximum Gasteiger partial charge on any atom is 0.222 e. The zero-order chi connectivity index (χ0) is 13.9. The maximum atomic E-state index is 12.5. The third-order valence-electron chi connectivity index (χ3n) is 3.67. The minimum atomic E-state index is -3.34. The second-order valence-corrected chi connectivity index (χ2v) is 7.03. The van der Waals surface area contributed by atoms with Crippen LogP contribution in [-0.2, 0) is 10.0 Å². The highest BCUT2D eigenvalue weighted by molar-refractivity contribution is 7.89. The first kappa shape index (κ1) is 14.4. The Labute approximate surface area is 114 Å². The highest BCUT2D eigenvalue weighted by Crippen LogP contribution is 2.25. The van der Waals surface area contributed by atoms with Crippen molar-refractivity contribution in [2.45, 2.75) is 31.1 Å². The van der Waals surface area contributed by atoms with E-state index in [2.05, 4.69) is 15.3 Å². The second kappa shape index (κ2) is 5.94. The molecule has 0 saturated carbocycles. The zero-order valence-electron chi connectivity index (χ0n) is 11.3. The van der Waals surface area contributed by atoms with Crippen LogP contribution < -0.4 is 5.32 Å². The molecule has 106 valence electrons. The van der Waals surface area contributed by atoms with Crippen molar-refractivity contribution in [3.05, 3.63) is 24.3 Å². The van der Waals surface area contributed by atoms with Crippen LogP contribution >= 0.6 is 0 Å². The van der Waals surface area contributed by atoms with E-state index in [1.54, 1.807) is 17.4 Å².